The van der Waals surface area contributed by atoms with E-state index in [2.05, 4.69) is 45.4 Å². The highest BCUT2D eigenvalue weighted by molar-refractivity contribution is 9.10. The summed E-state index contributed by atoms with van der Waals surface area (Å²) in [5.74, 6) is 0. The van der Waals surface area contributed by atoms with Gasteiger partial charge in [-0.05, 0) is 46.9 Å². The third-order valence-corrected chi connectivity index (χ3v) is 3.58. The largest absolute Gasteiger partial charge is 0.392 e. The summed E-state index contributed by atoms with van der Waals surface area (Å²) in [5, 5.41) is 16.7. The number of aromatic nitrogens is 2. The minimum Gasteiger partial charge on any atom is -0.392 e. The van der Waals surface area contributed by atoms with Crippen LogP contribution in [-0.2, 0) is 19.6 Å². The van der Waals surface area contributed by atoms with Crippen LogP contribution in [0.25, 0.3) is 0 Å². The number of nitrogens with zero attached hydrogens (tertiary/aromatic N) is 2. The smallest absolute Gasteiger partial charge is 0.0681 e. The zero-order valence-corrected chi connectivity index (χ0v) is 13.2. The van der Waals surface area contributed by atoms with E-state index < -0.39 is 0 Å². The Balaban J connectivity index is 1.71. The molecule has 1 aromatic heterocycles. The monoisotopic (exact) mass is 337 g/mol. The van der Waals surface area contributed by atoms with Gasteiger partial charge in [0.2, 0.25) is 0 Å². The van der Waals surface area contributed by atoms with E-state index in [1.165, 1.54) is 5.56 Å². The minimum atomic E-state index is 0.106. The molecular weight excluding hydrogens is 318 g/mol. The normalized spacial score (nSPS) is 12.6. The number of hydrogen-bond donors (Lipinski definition) is 2. The highest BCUT2D eigenvalue weighted by atomic mass is 79.9. The number of benzene rings is 1. The lowest BCUT2D eigenvalue weighted by atomic mass is 10.1. The maximum absolute atomic E-state index is 9.00. The van der Waals surface area contributed by atoms with Crippen molar-refractivity contribution in [1.82, 2.24) is 15.1 Å². The predicted octanol–water partition coefficient (Wildman–Crippen LogP) is 2.36. The molecule has 1 unspecified atom stereocenters. The number of aliphatic hydroxyl groups excluding tert-OH is 1. The van der Waals surface area contributed by atoms with Gasteiger partial charge in [-0.1, -0.05) is 24.3 Å². The Morgan fingerprint density at radius 1 is 1.30 bits per heavy atom. The fourth-order valence-electron chi connectivity index (χ4n) is 2.06. The molecule has 2 N–H and O–H groups in total. The highest BCUT2D eigenvalue weighted by Gasteiger charge is 2.03. The molecule has 0 amide bonds. The summed E-state index contributed by atoms with van der Waals surface area (Å²) in [4.78, 5) is 0. The van der Waals surface area contributed by atoms with E-state index in [0.717, 1.165) is 29.5 Å². The Morgan fingerprint density at radius 3 is 2.60 bits per heavy atom. The molecular formula is C15H20BrN3O. The molecule has 1 atom stereocenters. The fourth-order valence-corrected chi connectivity index (χ4v) is 2.39. The van der Waals surface area contributed by atoms with Gasteiger partial charge in [-0.25, -0.2) is 0 Å². The molecule has 5 heteroatoms. The standard InChI is InChI=1S/C15H20BrN3O/c1-12(9-19-10-15(16)8-18-19)17-7-6-13-2-4-14(11-20)5-3-13/h2-5,8,10,12,17,20H,6-7,9,11H2,1H3. The third-order valence-electron chi connectivity index (χ3n) is 3.17. The Bertz CT molecular complexity index is 524. The zero-order valence-electron chi connectivity index (χ0n) is 11.6. The van der Waals surface area contributed by atoms with E-state index >= 15 is 0 Å². The van der Waals surface area contributed by atoms with Gasteiger partial charge in [0, 0.05) is 12.2 Å². The Labute approximate surface area is 127 Å². The van der Waals surface area contributed by atoms with Gasteiger partial charge in [0.1, 0.15) is 0 Å². The Hall–Kier alpha value is -1.17. The molecule has 1 heterocycles. The van der Waals surface area contributed by atoms with Gasteiger partial charge >= 0.3 is 0 Å². The van der Waals surface area contributed by atoms with Crippen LogP contribution in [0.1, 0.15) is 18.1 Å². The Kier molecular flexibility index (Phi) is 5.76. The van der Waals surface area contributed by atoms with Crippen molar-refractivity contribution in [3.63, 3.8) is 0 Å². The molecule has 2 aromatic rings. The van der Waals surface area contributed by atoms with Crippen LogP contribution in [0.3, 0.4) is 0 Å². The van der Waals surface area contributed by atoms with Crippen LogP contribution in [0.15, 0.2) is 41.1 Å². The van der Waals surface area contributed by atoms with E-state index in [4.69, 9.17) is 5.11 Å². The van der Waals surface area contributed by atoms with Crippen molar-refractivity contribution >= 4 is 15.9 Å². The molecule has 0 radical (unpaired) electrons. The summed E-state index contributed by atoms with van der Waals surface area (Å²) in [5.41, 5.74) is 2.24. The van der Waals surface area contributed by atoms with Crippen molar-refractivity contribution in [2.75, 3.05) is 6.54 Å². The molecule has 0 bridgehead atoms. The first-order valence-corrected chi connectivity index (χ1v) is 7.56. The van der Waals surface area contributed by atoms with Crippen molar-refractivity contribution in [1.29, 1.82) is 0 Å². The van der Waals surface area contributed by atoms with Gasteiger partial charge in [-0.3, -0.25) is 4.68 Å². The van der Waals surface area contributed by atoms with Crippen LogP contribution in [0, 0.1) is 0 Å². The number of nitrogens with one attached hydrogen (secondary N) is 1. The Morgan fingerprint density at radius 2 is 2.00 bits per heavy atom. The molecule has 1 aromatic carbocycles. The summed E-state index contributed by atoms with van der Waals surface area (Å²) in [6.07, 6.45) is 4.76. The quantitative estimate of drug-likeness (QED) is 0.815. The van der Waals surface area contributed by atoms with Crippen molar-refractivity contribution in [3.05, 3.63) is 52.3 Å². The van der Waals surface area contributed by atoms with Crippen LogP contribution in [0.4, 0.5) is 0 Å². The predicted molar refractivity (Wildman–Crippen MR) is 83.5 cm³/mol. The van der Waals surface area contributed by atoms with Gasteiger partial charge in [0.15, 0.2) is 0 Å². The fraction of sp³-hybridized carbons (Fsp3) is 0.400. The summed E-state index contributed by atoms with van der Waals surface area (Å²) in [7, 11) is 0. The number of rotatable bonds is 7. The maximum Gasteiger partial charge on any atom is 0.0681 e. The number of hydrogen-bond acceptors (Lipinski definition) is 3. The molecule has 0 spiro atoms. The van der Waals surface area contributed by atoms with Crippen molar-refractivity contribution < 1.29 is 5.11 Å². The summed E-state index contributed by atoms with van der Waals surface area (Å²) < 4.78 is 2.94. The topological polar surface area (TPSA) is 50.1 Å². The SMILES string of the molecule is CC(Cn1cc(Br)cn1)NCCc1ccc(CO)cc1. The molecule has 4 nitrogen and oxygen atoms in total. The van der Waals surface area contributed by atoms with E-state index in [1.54, 1.807) is 6.20 Å². The van der Waals surface area contributed by atoms with Gasteiger partial charge in [-0.15, -0.1) is 0 Å². The lowest BCUT2D eigenvalue weighted by Gasteiger charge is -2.13. The molecule has 0 saturated heterocycles. The van der Waals surface area contributed by atoms with E-state index in [-0.39, 0.29) is 6.61 Å². The summed E-state index contributed by atoms with van der Waals surface area (Å²) in [6, 6.07) is 8.46. The molecule has 0 aliphatic heterocycles. The second-order valence-corrected chi connectivity index (χ2v) is 5.88. The molecule has 0 aliphatic rings. The zero-order chi connectivity index (χ0) is 14.4. The van der Waals surface area contributed by atoms with Gasteiger partial charge in [0.25, 0.3) is 0 Å². The van der Waals surface area contributed by atoms with Gasteiger partial charge in [-0.2, -0.15) is 5.10 Å². The molecule has 0 saturated carbocycles. The van der Waals surface area contributed by atoms with Crippen molar-refractivity contribution in [2.45, 2.75) is 32.5 Å². The summed E-state index contributed by atoms with van der Waals surface area (Å²) >= 11 is 3.40. The first-order chi connectivity index (χ1) is 9.67. The molecule has 0 fully saturated rings. The second kappa shape index (κ2) is 7.57. The van der Waals surface area contributed by atoms with E-state index in [0.29, 0.717) is 6.04 Å². The van der Waals surface area contributed by atoms with Crippen LogP contribution < -0.4 is 5.32 Å². The first-order valence-electron chi connectivity index (χ1n) is 6.77. The summed E-state index contributed by atoms with van der Waals surface area (Å²) in [6.45, 7) is 4.05. The lowest BCUT2D eigenvalue weighted by Crippen LogP contribution is -2.32. The van der Waals surface area contributed by atoms with Crippen LogP contribution in [0.2, 0.25) is 0 Å². The van der Waals surface area contributed by atoms with E-state index in [1.807, 2.05) is 23.0 Å². The molecule has 20 heavy (non-hydrogen) atoms. The first kappa shape index (κ1) is 15.2. The third kappa shape index (κ3) is 4.74. The average Bonchev–Trinajstić information content (AvgIpc) is 2.85. The minimum absolute atomic E-state index is 0.106. The highest BCUT2D eigenvalue weighted by Crippen LogP contribution is 2.07. The van der Waals surface area contributed by atoms with Crippen LogP contribution in [0.5, 0.6) is 0 Å². The molecule has 108 valence electrons. The van der Waals surface area contributed by atoms with Crippen LogP contribution in [-0.4, -0.2) is 27.5 Å². The lowest BCUT2D eigenvalue weighted by molar-refractivity contribution is 0.282. The van der Waals surface area contributed by atoms with Crippen molar-refractivity contribution in [2.24, 2.45) is 0 Å². The van der Waals surface area contributed by atoms with Gasteiger partial charge in [0.05, 0.1) is 23.8 Å². The van der Waals surface area contributed by atoms with Crippen molar-refractivity contribution in [3.8, 4) is 0 Å². The number of aliphatic hydroxyl groups is 1. The average molecular weight is 338 g/mol. The van der Waals surface area contributed by atoms with Gasteiger partial charge < -0.3 is 10.4 Å². The van der Waals surface area contributed by atoms with E-state index in [9.17, 15) is 0 Å². The number of halogens is 1. The molecule has 0 aliphatic carbocycles. The second-order valence-electron chi connectivity index (χ2n) is 4.96. The van der Waals surface area contributed by atoms with Crippen LogP contribution >= 0.6 is 15.9 Å². The maximum atomic E-state index is 9.00. The molecule has 2 rings (SSSR count).